The van der Waals surface area contributed by atoms with E-state index in [-0.39, 0.29) is 17.8 Å². The van der Waals surface area contributed by atoms with Gasteiger partial charge in [-0.1, -0.05) is 0 Å². The Balaban J connectivity index is 0.000000735. The molecular weight excluding hydrogens is 392 g/mol. The molecule has 164 valence electrons. The van der Waals surface area contributed by atoms with Gasteiger partial charge in [-0.3, -0.25) is 14.7 Å². The van der Waals surface area contributed by atoms with Crippen LogP contribution < -0.4 is 20.9 Å². The lowest BCUT2D eigenvalue weighted by Gasteiger charge is -2.31. The van der Waals surface area contributed by atoms with Crippen LogP contribution in [0.2, 0.25) is 0 Å². The van der Waals surface area contributed by atoms with Gasteiger partial charge in [0.15, 0.2) is 11.5 Å². The summed E-state index contributed by atoms with van der Waals surface area (Å²) in [7, 11) is 1.56. The number of methoxy groups -OCH3 is 1. The van der Waals surface area contributed by atoms with E-state index < -0.39 is 5.97 Å². The zero-order chi connectivity index (χ0) is 22.1. The molecule has 11 nitrogen and oxygen atoms in total. The van der Waals surface area contributed by atoms with Crippen molar-refractivity contribution in [3.8, 4) is 11.5 Å². The summed E-state index contributed by atoms with van der Waals surface area (Å²) < 4.78 is 10.9. The third-order valence-corrected chi connectivity index (χ3v) is 4.47. The van der Waals surface area contributed by atoms with Crippen molar-refractivity contribution in [3.63, 3.8) is 0 Å². The minimum atomic E-state index is -0.833. The smallest absolute Gasteiger partial charge is 0.300 e. The average Bonchev–Trinajstić information content (AvgIpc) is 3.17. The number of nitrogens with zero attached hydrogens (tertiary/aromatic N) is 3. The number of rotatable bonds is 6. The van der Waals surface area contributed by atoms with Gasteiger partial charge >= 0.3 is 0 Å². The summed E-state index contributed by atoms with van der Waals surface area (Å²) in [6, 6.07) is 5.20. The van der Waals surface area contributed by atoms with Crippen LogP contribution in [0.25, 0.3) is 0 Å². The largest absolute Gasteiger partial charge is 0.493 e. The molecule has 0 spiro atoms. The topological polar surface area (TPSA) is 170 Å². The number of hydrogen-bond donors (Lipinski definition) is 4. The fourth-order valence-electron chi connectivity index (χ4n) is 3.10. The molecule has 1 aromatic carbocycles. The number of aromatic nitrogens is 3. The number of ether oxygens (including phenoxy) is 2. The van der Waals surface area contributed by atoms with Crippen molar-refractivity contribution in [2.75, 3.05) is 39.1 Å². The first-order valence-electron chi connectivity index (χ1n) is 9.53. The average molecular weight is 420 g/mol. The molecule has 1 aliphatic heterocycles. The van der Waals surface area contributed by atoms with Crippen molar-refractivity contribution in [2.45, 2.75) is 25.7 Å². The molecule has 6 N–H and O–H groups in total. The Morgan fingerprint density at radius 3 is 2.50 bits per heavy atom. The molecule has 30 heavy (non-hydrogen) atoms. The molecule has 0 bridgehead atoms. The van der Waals surface area contributed by atoms with Crippen LogP contribution in [0.15, 0.2) is 18.2 Å². The number of nitrogen functional groups attached to an aromatic ring is 1. The Hall–Kier alpha value is -3.34. The van der Waals surface area contributed by atoms with E-state index >= 15 is 0 Å². The number of piperidine rings is 1. The van der Waals surface area contributed by atoms with E-state index in [4.69, 9.17) is 30.8 Å². The summed E-state index contributed by atoms with van der Waals surface area (Å²) in [5, 5.41) is 14.1. The Morgan fingerprint density at radius 1 is 1.30 bits per heavy atom. The second-order valence-electron chi connectivity index (χ2n) is 6.67. The SMILES string of the molecule is CC(=O)O.COc1ccc(C(=O)N2CCC(c3nc(N)n[nH]3)CC2)cc1OCCN. The van der Waals surface area contributed by atoms with Gasteiger partial charge in [-0.2, -0.15) is 4.98 Å². The van der Waals surface area contributed by atoms with E-state index in [0.717, 1.165) is 25.6 Å². The molecule has 11 heteroatoms. The minimum Gasteiger partial charge on any atom is -0.493 e. The lowest BCUT2D eigenvalue weighted by molar-refractivity contribution is -0.134. The first kappa shape index (κ1) is 22.9. The molecule has 2 heterocycles. The fourth-order valence-corrected chi connectivity index (χ4v) is 3.10. The van der Waals surface area contributed by atoms with Gasteiger partial charge in [-0.25, -0.2) is 0 Å². The molecule has 3 rings (SSSR count). The summed E-state index contributed by atoms with van der Waals surface area (Å²) in [6.07, 6.45) is 1.63. The van der Waals surface area contributed by atoms with Gasteiger partial charge in [0, 0.05) is 38.0 Å². The maximum Gasteiger partial charge on any atom is 0.300 e. The summed E-state index contributed by atoms with van der Waals surface area (Å²) in [4.78, 5) is 27.8. The number of likely N-dealkylation sites (tertiary alicyclic amines) is 1. The molecule has 0 atom stereocenters. The zero-order valence-corrected chi connectivity index (χ0v) is 17.1. The molecule has 0 aliphatic carbocycles. The molecule has 1 aliphatic rings. The lowest BCUT2D eigenvalue weighted by atomic mass is 9.95. The van der Waals surface area contributed by atoms with E-state index in [1.54, 1.807) is 25.3 Å². The predicted octanol–water partition coefficient (Wildman–Crippen LogP) is 0.844. The van der Waals surface area contributed by atoms with Gasteiger partial charge in [0.25, 0.3) is 11.9 Å². The Labute approximate surface area is 174 Å². The van der Waals surface area contributed by atoms with Crippen molar-refractivity contribution in [3.05, 3.63) is 29.6 Å². The number of H-pyrrole nitrogens is 1. The number of aromatic amines is 1. The monoisotopic (exact) mass is 420 g/mol. The predicted molar refractivity (Wildman–Crippen MR) is 110 cm³/mol. The van der Waals surface area contributed by atoms with Crippen LogP contribution in [0, 0.1) is 0 Å². The number of nitrogens with one attached hydrogen (secondary N) is 1. The third-order valence-electron chi connectivity index (χ3n) is 4.47. The summed E-state index contributed by atoms with van der Waals surface area (Å²) >= 11 is 0. The van der Waals surface area contributed by atoms with Crippen LogP contribution >= 0.6 is 0 Å². The van der Waals surface area contributed by atoms with Crippen LogP contribution in [-0.4, -0.2) is 70.4 Å². The van der Waals surface area contributed by atoms with Crippen molar-refractivity contribution >= 4 is 17.8 Å². The van der Waals surface area contributed by atoms with E-state index in [1.807, 2.05) is 4.90 Å². The molecule has 1 aromatic heterocycles. The van der Waals surface area contributed by atoms with Crippen LogP contribution in [0.4, 0.5) is 5.95 Å². The number of amides is 1. The maximum atomic E-state index is 12.8. The van der Waals surface area contributed by atoms with Crippen molar-refractivity contribution in [1.29, 1.82) is 0 Å². The van der Waals surface area contributed by atoms with E-state index in [2.05, 4.69) is 15.2 Å². The molecule has 1 amide bonds. The van der Waals surface area contributed by atoms with Gasteiger partial charge in [-0.05, 0) is 31.0 Å². The number of anilines is 1. The first-order valence-corrected chi connectivity index (χ1v) is 9.53. The van der Waals surface area contributed by atoms with Crippen LogP contribution in [0.1, 0.15) is 41.9 Å². The zero-order valence-electron chi connectivity index (χ0n) is 17.1. The van der Waals surface area contributed by atoms with Crippen molar-refractivity contribution < 1.29 is 24.2 Å². The standard InChI is InChI=1S/C17H24N6O3.C2H4O2/c1-25-13-3-2-12(10-14(13)26-9-6-18)16(24)23-7-4-11(5-8-23)15-20-17(19)22-21-15;1-2(3)4/h2-3,10-11H,4-9,18H2,1H3,(H3,19,20,21,22);1H3,(H,3,4). The van der Waals surface area contributed by atoms with Gasteiger partial charge in [0.05, 0.1) is 7.11 Å². The molecule has 0 saturated carbocycles. The maximum absolute atomic E-state index is 12.8. The fraction of sp³-hybridized carbons (Fsp3) is 0.474. The second kappa shape index (κ2) is 11.0. The highest BCUT2D eigenvalue weighted by Gasteiger charge is 2.27. The summed E-state index contributed by atoms with van der Waals surface area (Å²) in [5.41, 5.74) is 11.6. The quantitative estimate of drug-likeness (QED) is 0.529. The number of carbonyl (C=O) groups excluding carboxylic acids is 1. The Kier molecular flexibility index (Phi) is 8.41. The Bertz CT molecular complexity index is 844. The molecule has 0 unspecified atom stereocenters. The molecule has 2 aromatic rings. The summed E-state index contributed by atoms with van der Waals surface area (Å²) in [5.74, 6) is 1.52. The van der Waals surface area contributed by atoms with Gasteiger partial charge in [0.2, 0.25) is 5.95 Å². The molecular formula is C19H28N6O5. The molecule has 0 radical (unpaired) electrons. The number of hydrogen-bond acceptors (Lipinski definition) is 8. The lowest BCUT2D eigenvalue weighted by Crippen LogP contribution is -2.38. The van der Waals surface area contributed by atoms with Gasteiger partial charge < -0.3 is 30.9 Å². The number of nitrogens with two attached hydrogens (primary N) is 2. The number of aliphatic carboxylic acids is 1. The van der Waals surface area contributed by atoms with Gasteiger partial charge in [-0.15, -0.1) is 5.10 Å². The normalized spacial score (nSPS) is 13.9. The minimum absolute atomic E-state index is 0.0271. The number of carbonyl (C=O) groups is 2. The van der Waals surface area contributed by atoms with Gasteiger partial charge in [0.1, 0.15) is 12.4 Å². The Morgan fingerprint density at radius 2 is 1.97 bits per heavy atom. The van der Waals surface area contributed by atoms with Crippen molar-refractivity contribution in [1.82, 2.24) is 20.1 Å². The van der Waals surface area contributed by atoms with E-state index in [1.165, 1.54) is 0 Å². The van der Waals surface area contributed by atoms with Crippen LogP contribution in [0.5, 0.6) is 11.5 Å². The highest BCUT2D eigenvalue weighted by Crippen LogP contribution is 2.30. The van der Waals surface area contributed by atoms with Crippen LogP contribution in [0.3, 0.4) is 0 Å². The van der Waals surface area contributed by atoms with E-state index in [0.29, 0.717) is 43.3 Å². The van der Waals surface area contributed by atoms with E-state index in [9.17, 15) is 4.79 Å². The molecule has 1 fully saturated rings. The highest BCUT2D eigenvalue weighted by molar-refractivity contribution is 5.95. The van der Waals surface area contributed by atoms with Crippen LogP contribution in [-0.2, 0) is 4.79 Å². The number of carboxylic acid groups (broad SMARTS) is 1. The second-order valence-corrected chi connectivity index (χ2v) is 6.67. The van der Waals surface area contributed by atoms with Crippen molar-refractivity contribution in [2.24, 2.45) is 5.73 Å². The first-order chi connectivity index (χ1) is 14.3. The number of benzene rings is 1. The third kappa shape index (κ3) is 6.34. The number of carboxylic acids is 1. The summed E-state index contributed by atoms with van der Waals surface area (Å²) in [6.45, 7) is 3.13. The highest BCUT2D eigenvalue weighted by atomic mass is 16.5. The molecule has 1 saturated heterocycles.